The zero-order chi connectivity index (χ0) is 20.5. The van der Waals surface area contributed by atoms with Crippen LogP contribution in [0.3, 0.4) is 0 Å². The van der Waals surface area contributed by atoms with Crippen molar-refractivity contribution in [3.63, 3.8) is 0 Å². The van der Waals surface area contributed by atoms with Crippen molar-refractivity contribution in [2.45, 2.75) is 13.3 Å². The number of carbonyl (C=O) groups excluding carboxylic acids is 1. The van der Waals surface area contributed by atoms with Gasteiger partial charge < -0.3 is 10.1 Å². The maximum atomic E-state index is 13.2. The normalized spacial score (nSPS) is 23.3. The monoisotopic (exact) mass is 441 g/mol. The number of sulfonamides is 1. The second kappa shape index (κ2) is 7.76. The van der Waals surface area contributed by atoms with Crippen LogP contribution in [-0.2, 0) is 14.8 Å². The van der Waals surface area contributed by atoms with Gasteiger partial charge in [0.15, 0.2) is 0 Å². The van der Waals surface area contributed by atoms with Crippen molar-refractivity contribution in [2.24, 2.45) is 5.41 Å². The number of rotatable bonds is 4. The SMILES string of the molecule is C[C@@]1(C#N)C=C(S(=O)(=O)N2CCNC(=O)C2)C(Oc2cc(Cl)cc(Cl)c2)=CC1. The number of halogens is 2. The first kappa shape index (κ1) is 20.7. The molecule has 0 unspecified atom stereocenters. The number of allylic oxidation sites excluding steroid dienone is 2. The minimum atomic E-state index is -4.07. The number of nitrogens with one attached hydrogen (secondary N) is 1. The number of nitrogens with zero attached hydrogens (tertiary/aromatic N) is 2. The quantitative estimate of drug-likeness (QED) is 0.773. The molecule has 0 aromatic heterocycles. The molecular weight excluding hydrogens is 425 g/mol. The lowest BCUT2D eigenvalue weighted by molar-refractivity contribution is -0.122. The predicted octanol–water partition coefficient (Wildman–Crippen LogP) is 2.84. The zero-order valence-corrected chi connectivity index (χ0v) is 17.2. The van der Waals surface area contributed by atoms with Crippen LogP contribution in [0.1, 0.15) is 13.3 Å². The first-order valence-electron chi connectivity index (χ1n) is 8.38. The first-order valence-corrected chi connectivity index (χ1v) is 10.6. The van der Waals surface area contributed by atoms with Crippen LogP contribution in [0.25, 0.3) is 0 Å². The zero-order valence-electron chi connectivity index (χ0n) is 14.9. The van der Waals surface area contributed by atoms with E-state index in [4.69, 9.17) is 27.9 Å². The van der Waals surface area contributed by atoms with Gasteiger partial charge in [0.25, 0.3) is 0 Å². The molecule has 0 radical (unpaired) electrons. The number of piperazine rings is 1. The van der Waals surface area contributed by atoms with Crippen LogP contribution in [0.4, 0.5) is 0 Å². The van der Waals surface area contributed by atoms with E-state index in [-0.39, 0.29) is 48.4 Å². The van der Waals surface area contributed by atoms with Crippen LogP contribution in [0.2, 0.25) is 10.0 Å². The smallest absolute Gasteiger partial charge is 0.247 e. The number of hydrogen-bond donors (Lipinski definition) is 1. The Morgan fingerprint density at radius 2 is 1.96 bits per heavy atom. The molecule has 7 nitrogen and oxygen atoms in total. The average molecular weight is 442 g/mol. The van der Waals surface area contributed by atoms with Gasteiger partial charge in [-0.3, -0.25) is 4.79 Å². The van der Waals surface area contributed by atoms with Gasteiger partial charge in [0.1, 0.15) is 16.4 Å². The second-order valence-electron chi connectivity index (χ2n) is 6.71. The van der Waals surface area contributed by atoms with Crippen LogP contribution in [-0.4, -0.2) is 38.3 Å². The Labute approximate surface area is 173 Å². The highest BCUT2D eigenvalue weighted by atomic mass is 35.5. The molecule has 3 rings (SSSR count). The first-order chi connectivity index (χ1) is 13.1. The van der Waals surface area contributed by atoms with Gasteiger partial charge in [0.2, 0.25) is 15.9 Å². The molecule has 10 heteroatoms. The summed E-state index contributed by atoms with van der Waals surface area (Å²) in [6, 6.07) is 6.65. The molecule has 1 heterocycles. The predicted molar refractivity (Wildman–Crippen MR) is 105 cm³/mol. The highest BCUT2D eigenvalue weighted by molar-refractivity contribution is 7.93. The van der Waals surface area contributed by atoms with E-state index in [2.05, 4.69) is 11.4 Å². The number of ether oxygens (including phenoxy) is 1. The summed E-state index contributed by atoms with van der Waals surface area (Å²) in [5, 5.41) is 12.7. The van der Waals surface area contributed by atoms with Crippen molar-refractivity contribution < 1.29 is 17.9 Å². The van der Waals surface area contributed by atoms with Gasteiger partial charge >= 0.3 is 0 Å². The third-order valence-electron chi connectivity index (χ3n) is 4.34. The van der Waals surface area contributed by atoms with Crippen LogP contribution >= 0.6 is 23.2 Å². The van der Waals surface area contributed by atoms with Crippen molar-refractivity contribution in [1.29, 1.82) is 5.26 Å². The lowest BCUT2D eigenvalue weighted by atomic mass is 9.85. The number of amides is 1. The number of carbonyl (C=O) groups is 1. The Hall–Kier alpha value is -2.05. The van der Waals surface area contributed by atoms with E-state index in [0.717, 1.165) is 4.31 Å². The van der Waals surface area contributed by atoms with Crippen LogP contribution in [0, 0.1) is 16.7 Å². The summed E-state index contributed by atoms with van der Waals surface area (Å²) in [6.07, 6.45) is 3.19. The summed E-state index contributed by atoms with van der Waals surface area (Å²) in [4.78, 5) is 11.5. The second-order valence-corrected chi connectivity index (χ2v) is 9.49. The minimum Gasteiger partial charge on any atom is -0.456 e. The van der Waals surface area contributed by atoms with Gasteiger partial charge in [0, 0.05) is 23.1 Å². The van der Waals surface area contributed by atoms with E-state index in [1.807, 2.05) is 0 Å². The molecule has 1 fully saturated rings. The fraction of sp³-hybridized carbons (Fsp3) is 0.333. The molecule has 148 valence electrons. The van der Waals surface area contributed by atoms with Gasteiger partial charge in [-0.15, -0.1) is 0 Å². The molecule has 2 aliphatic rings. The fourth-order valence-corrected chi connectivity index (χ4v) is 5.06. The molecule has 1 atom stereocenters. The average Bonchev–Trinajstić information content (AvgIpc) is 2.62. The van der Waals surface area contributed by atoms with Gasteiger partial charge in [0.05, 0.1) is 18.0 Å². The third-order valence-corrected chi connectivity index (χ3v) is 6.65. The molecule has 1 saturated heterocycles. The number of benzene rings is 1. The van der Waals surface area contributed by atoms with Crippen molar-refractivity contribution >= 4 is 39.1 Å². The van der Waals surface area contributed by atoms with Crippen LogP contribution in [0.15, 0.2) is 41.0 Å². The summed E-state index contributed by atoms with van der Waals surface area (Å²) in [7, 11) is -4.07. The molecule has 0 spiro atoms. The molecule has 1 N–H and O–H groups in total. The largest absolute Gasteiger partial charge is 0.456 e. The Bertz CT molecular complexity index is 1010. The van der Waals surface area contributed by atoms with E-state index in [1.165, 1.54) is 24.3 Å². The Morgan fingerprint density at radius 1 is 1.29 bits per heavy atom. The molecular formula is C18H17Cl2N3O4S. The standard InChI is InChI=1S/C18H17Cl2N3O4S/c1-18(11-21)3-2-15(27-14-7-12(19)6-13(20)8-14)16(9-18)28(25,26)23-5-4-22-17(24)10-23/h2,6-9H,3-5,10H2,1H3,(H,22,24)/t18-/m0/s1. The highest BCUT2D eigenvalue weighted by Gasteiger charge is 2.38. The van der Waals surface area contributed by atoms with Gasteiger partial charge in [-0.2, -0.15) is 9.57 Å². The summed E-state index contributed by atoms with van der Waals surface area (Å²) >= 11 is 12.0. The lowest BCUT2D eigenvalue weighted by Crippen LogP contribution is -2.50. The fourth-order valence-electron chi connectivity index (χ4n) is 2.87. The van der Waals surface area contributed by atoms with Gasteiger partial charge in [-0.25, -0.2) is 8.42 Å². The van der Waals surface area contributed by atoms with E-state index < -0.39 is 15.4 Å². The van der Waals surface area contributed by atoms with Crippen molar-refractivity contribution in [3.05, 3.63) is 51.1 Å². The van der Waals surface area contributed by atoms with E-state index in [9.17, 15) is 18.5 Å². The third kappa shape index (κ3) is 4.33. The maximum absolute atomic E-state index is 13.2. The number of hydrogen-bond acceptors (Lipinski definition) is 5. The van der Waals surface area contributed by atoms with E-state index >= 15 is 0 Å². The van der Waals surface area contributed by atoms with Crippen molar-refractivity contribution in [3.8, 4) is 11.8 Å². The molecule has 1 aliphatic carbocycles. The van der Waals surface area contributed by atoms with Crippen LogP contribution < -0.4 is 10.1 Å². The molecule has 28 heavy (non-hydrogen) atoms. The number of nitriles is 1. The summed E-state index contributed by atoms with van der Waals surface area (Å²) in [5.74, 6) is -0.0545. The van der Waals surface area contributed by atoms with Crippen molar-refractivity contribution in [1.82, 2.24) is 9.62 Å². The molecule has 0 bridgehead atoms. The molecule has 0 saturated carbocycles. The summed E-state index contributed by atoms with van der Waals surface area (Å²) in [5.41, 5.74) is -1.01. The summed E-state index contributed by atoms with van der Waals surface area (Å²) in [6.45, 7) is 1.68. The molecule has 1 aromatic carbocycles. The Morgan fingerprint density at radius 3 is 2.57 bits per heavy atom. The topological polar surface area (TPSA) is 99.5 Å². The maximum Gasteiger partial charge on any atom is 0.247 e. The van der Waals surface area contributed by atoms with Gasteiger partial charge in [-0.1, -0.05) is 23.2 Å². The minimum absolute atomic E-state index is 0.0667. The van der Waals surface area contributed by atoms with Crippen LogP contribution in [0.5, 0.6) is 5.75 Å². The van der Waals surface area contributed by atoms with Gasteiger partial charge in [-0.05, 0) is 43.7 Å². The van der Waals surface area contributed by atoms with E-state index in [0.29, 0.717) is 10.0 Å². The lowest BCUT2D eigenvalue weighted by Gasteiger charge is -2.30. The highest BCUT2D eigenvalue weighted by Crippen LogP contribution is 2.38. The Kier molecular flexibility index (Phi) is 5.73. The Balaban J connectivity index is 2.00. The molecule has 1 aliphatic heterocycles. The van der Waals surface area contributed by atoms with E-state index in [1.54, 1.807) is 13.0 Å². The van der Waals surface area contributed by atoms with Crippen molar-refractivity contribution in [2.75, 3.05) is 19.6 Å². The molecule has 1 aromatic rings. The molecule has 1 amide bonds. The summed E-state index contributed by atoms with van der Waals surface area (Å²) < 4.78 is 33.3.